The molecule has 26 N–H and O–H groups in total. The highest BCUT2D eigenvalue weighted by molar-refractivity contribution is 5.79. The molecule has 0 aliphatic carbocycles. The number of ether oxygens (including phenoxy) is 12. The second-order valence-electron chi connectivity index (χ2n) is 36.7. The number of amides is 4. The van der Waals surface area contributed by atoms with Crippen molar-refractivity contribution in [1.82, 2.24) is 21.3 Å². The van der Waals surface area contributed by atoms with Crippen LogP contribution in [-0.4, -0.2) is 413 Å². The maximum absolute atomic E-state index is 14.4. The molecule has 0 spiro atoms. The van der Waals surface area contributed by atoms with Gasteiger partial charge in [-0.25, -0.2) is 14.4 Å². The molecule has 0 bridgehead atoms. The van der Waals surface area contributed by atoms with Crippen molar-refractivity contribution in [3.8, 4) is 0 Å². The maximum atomic E-state index is 14.4. The zero-order valence-corrected chi connectivity index (χ0v) is 78.7. The van der Waals surface area contributed by atoms with E-state index in [2.05, 4.69) is 47.3 Å². The Balaban J connectivity index is 1.32. The lowest BCUT2D eigenvalue weighted by molar-refractivity contribution is -0.404. The summed E-state index contributed by atoms with van der Waals surface area (Å²) in [5, 5.41) is 261. The van der Waals surface area contributed by atoms with Crippen LogP contribution in [0.25, 0.3) is 0 Å². The van der Waals surface area contributed by atoms with Gasteiger partial charge in [0.05, 0.1) is 101 Å². The molecule has 6 aliphatic heterocycles. The minimum Gasteiger partial charge on any atom is -0.477 e. The maximum Gasteiger partial charge on any atom is 0.364 e. The first-order valence-corrected chi connectivity index (χ1v) is 48.0. The van der Waals surface area contributed by atoms with Crippen molar-refractivity contribution in [2.45, 2.75) is 454 Å². The molecule has 788 valence electrons. The van der Waals surface area contributed by atoms with Crippen LogP contribution in [0.4, 0.5) is 0 Å². The molecule has 6 heterocycles. The second-order valence-corrected chi connectivity index (χ2v) is 36.7. The van der Waals surface area contributed by atoms with Crippen LogP contribution in [0.15, 0.2) is 12.2 Å². The number of aliphatic carboxylic acids is 3. The molecular formula is C90H156N4O42. The number of carbonyl (C=O) groups excluding carboxylic acids is 5. The normalized spacial score (nSPS) is 34.0. The molecule has 0 saturated carbocycles. The van der Waals surface area contributed by atoms with Gasteiger partial charge < -0.3 is 195 Å². The van der Waals surface area contributed by atoms with Gasteiger partial charge in [-0.15, -0.1) is 0 Å². The highest BCUT2D eigenvalue weighted by Gasteiger charge is 2.65. The fraction of sp³-hybridized carbons (Fsp3) is 0.889. The molecule has 0 aromatic rings. The number of unbranched alkanes of at least 4 members (excludes halogenated alkanes) is 23. The Kier molecular flexibility index (Phi) is 52.1. The van der Waals surface area contributed by atoms with Gasteiger partial charge in [-0.1, -0.05) is 161 Å². The van der Waals surface area contributed by atoms with Crippen LogP contribution in [0.3, 0.4) is 0 Å². The van der Waals surface area contributed by atoms with Gasteiger partial charge in [-0.2, -0.15) is 0 Å². The summed E-state index contributed by atoms with van der Waals surface area (Å²) in [7, 11) is 0. The van der Waals surface area contributed by atoms with E-state index in [-0.39, 0.29) is 12.8 Å². The number of carbonyl (C=O) groups is 8. The van der Waals surface area contributed by atoms with Crippen LogP contribution >= 0.6 is 0 Å². The molecule has 6 rings (SSSR count). The van der Waals surface area contributed by atoms with Crippen molar-refractivity contribution in [3.63, 3.8) is 0 Å². The van der Waals surface area contributed by atoms with Crippen LogP contribution in [0.1, 0.15) is 247 Å². The predicted molar refractivity (Wildman–Crippen MR) is 470 cm³/mol. The van der Waals surface area contributed by atoms with Crippen molar-refractivity contribution in [2.24, 2.45) is 5.92 Å². The van der Waals surface area contributed by atoms with Gasteiger partial charge in [0, 0.05) is 58.8 Å². The average Bonchev–Trinajstić information content (AvgIpc) is 0.732. The number of hydrogen-bond donors (Lipinski definition) is 26. The Morgan fingerprint density at radius 3 is 1.23 bits per heavy atom. The van der Waals surface area contributed by atoms with E-state index in [0.29, 0.717) is 12.8 Å². The van der Waals surface area contributed by atoms with E-state index in [1.165, 1.54) is 64.2 Å². The predicted octanol–water partition coefficient (Wildman–Crippen LogP) is -3.43. The standard InChI is InChI=1S/C90H156N4O42/c1-7-9-11-13-15-17-19-21-22-24-26-28-30-32-34-36-64(110)94-53(54(105)35-33-31-29-27-25-23-20-18-16-14-12-10-8-2)47-125-83-74(117)73(116)76(62(45-99)127-83)129-84-75(118)81(77(63(46-100)128-84)130-82-52(37-48(3)101)68(111)70(113)59(42-96)126-82)136-90(87(123)124)40-57(108)67(93-51(6)104)80(135-90)72(115)61(44-98)132-89(86(121)122)39-56(107)66(92-50(5)103)79(134-89)71(114)60(43-97)131-88(85(119)120)38-55(106)65(91-49(4)102)78(133-88)69(112)58(109)41-95/h17,19,52-63,65-84,95-100,105-109,111-118H,7-16,18,20-47H2,1-6H3,(H,91,102)(H,92,103)(H,93,104)(H,94,110)(H,119,120)(H,121,122)(H,123,124)/b19-17-/t52-,53+,54-,55+,56+,57+,58-,59-,60-,61-,62-,63-,65-,66-,67-,68-,69-,70+,71-,72-,73-,74-,75-,76-,77+,78?,79?,80?,81-,82+,83-,84+,88-,89-,90+/m1/s1. The minimum atomic E-state index is -3.71. The number of allylic oxidation sites excluding steroid dienone is 2. The molecule has 46 nitrogen and oxygen atoms in total. The van der Waals surface area contributed by atoms with Gasteiger partial charge in [0.1, 0.15) is 122 Å². The zero-order chi connectivity index (χ0) is 101. The highest BCUT2D eigenvalue weighted by Crippen LogP contribution is 2.45. The summed E-state index contributed by atoms with van der Waals surface area (Å²) < 4.78 is 72.0. The summed E-state index contributed by atoms with van der Waals surface area (Å²) in [5.41, 5.74) is 0. The second kappa shape index (κ2) is 59.5. The molecule has 0 aromatic heterocycles. The van der Waals surface area contributed by atoms with Gasteiger partial charge in [0.15, 0.2) is 18.9 Å². The topological polar surface area (TPSA) is 741 Å². The summed E-state index contributed by atoms with van der Waals surface area (Å²) in [5.74, 6) is -23.5. The van der Waals surface area contributed by atoms with E-state index in [1.807, 2.05) is 0 Å². The molecule has 6 saturated heterocycles. The number of carboxylic acid groups (broad SMARTS) is 3. The van der Waals surface area contributed by atoms with Gasteiger partial charge in [0.2, 0.25) is 23.6 Å². The Bertz CT molecular complexity index is 3570. The molecule has 4 amide bonds. The molecule has 6 aliphatic rings. The van der Waals surface area contributed by atoms with Gasteiger partial charge >= 0.3 is 17.9 Å². The van der Waals surface area contributed by atoms with Crippen molar-refractivity contribution in [1.29, 1.82) is 0 Å². The third kappa shape index (κ3) is 34.4. The Hall–Kier alpha value is -5.54. The van der Waals surface area contributed by atoms with E-state index in [4.69, 9.17) is 56.8 Å². The van der Waals surface area contributed by atoms with E-state index >= 15 is 0 Å². The molecular weight excluding hydrogens is 1810 g/mol. The summed E-state index contributed by atoms with van der Waals surface area (Å²) >= 11 is 0. The number of aliphatic hydroxyl groups is 19. The molecule has 136 heavy (non-hydrogen) atoms. The van der Waals surface area contributed by atoms with E-state index in [1.54, 1.807) is 0 Å². The van der Waals surface area contributed by atoms with E-state index in [9.17, 15) is 151 Å². The highest BCUT2D eigenvalue weighted by atomic mass is 16.8. The Morgan fingerprint density at radius 2 is 0.801 bits per heavy atom. The summed E-state index contributed by atoms with van der Waals surface area (Å²) in [6, 6.07) is -7.20. The lowest BCUT2D eigenvalue weighted by Crippen LogP contribution is -2.72. The number of aliphatic hydroxyl groups excluding tert-OH is 19. The van der Waals surface area contributed by atoms with Crippen molar-refractivity contribution < 1.29 is 208 Å². The summed E-state index contributed by atoms with van der Waals surface area (Å²) in [6.07, 6.45) is -34.5. The molecule has 0 aromatic carbocycles. The number of nitrogens with one attached hydrogen (secondary N) is 4. The van der Waals surface area contributed by atoms with Crippen molar-refractivity contribution in [2.75, 3.05) is 46.2 Å². The Morgan fingerprint density at radius 1 is 0.412 bits per heavy atom. The lowest BCUT2D eigenvalue weighted by atomic mass is 9.86. The number of hydrogen-bond acceptors (Lipinski definition) is 39. The fourth-order valence-electron chi connectivity index (χ4n) is 18.3. The number of Topliss-reactive ketones (excluding diaryl/α,β-unsaturated/α-hetero) is 1. The zero-order valence-electron chi connectivity index (χ0n) is 78.7. The van der Waals surface area contributed by atoms with Crippen LogP contribution in [0, 0.1) is 5.92 Å². The number of rotatable bonds is 64. The molecule has 35 atom stereocenters. The van der Waals surface area contributed by atoms with E-state index in [0.717, 1.165) is 118 Å². The number of ketones is 1. The molecule has 6 fully saturated rings. The fourth-order valence-corrected chi connectivity index (χ4v) is 18.3. The molecule has 46 heteroatoms. The summed E-state index contributed by atoms with van der Waals surface area (Å²) in [6.45, 7) is -0.549. The first-order valence-electron chi connectivity index (χ1n) is 48.0. The van der Waals surface area contributed by atoms with Gasteiger partial charge in [-0.3, -0.25) is 19.2 Å². The van der Waals surface area contributed by atoms with E-state index < -0.39 is 332 Å². The van der Waals surface area contributed by atoms with Crippen LogP contribution < -0.4 is 21.3 Å². The van der Waals surface area contributed by atoms with Crippen LogP contribution in [-0.2, 0) is 95.2 Å². The largest absolute Gasteiger partial charge is 0.477 e. The minimum absolute atomic E-state index is 0.0978. The van der Waals surface area contributed by atoms with Gasteiger partial charge in [0.25, 0.3) is 17.4 Å². The van der Waals surface area contributed by atoms with Crippen LogP contribution in [0.2, 0.25) is 0 Å². The third-order valence-corrected chi connectivity index (χ3v) is 25.8. The summed E-state index contributed by atoms with van der Waals surface area (Å²) in [4.78, 5) is 107. The van der Waals surface area contributed by atoms with Crippen LogP contribution in [0.5, 0.6) is 0 Å². The average molecular weight is 1970 g/mol. The number of carboxylic acids is 3. The lowest BCUT2D eigenvalue weighted by Gasteiger charge is -2.53. The van der Waals surface area contributed by atoms with Crippen molar-refractivity contribution >= 4 is 47.3 Å². The quantitative estimate of drug-likeness (QED) is 0.0208. The smallest absolute Gasteiger partial charge is 0.364 e. The SMILES string of the molecule is CCCCCC/C=C\CCCCCCCCCC(=O)N[C@@H](CO[C@@H]1O[C@H](CO)[C@@H](O[C@@H]2O[C@H](CO)[C@H](O[C@@H]3O[C@H](CO)[C@H](O)[C@H](O)[C@H]3CC(C)=O)[C@H](O[C@]3(C(=O)O)C[C@H](O)[C@@H](NC(C)=O)C([C@H](O)[C@@H](CO)O[C@]4(C(=O)O)C[C@H](O)[C@@H](NC(C)=O)C([C@H](O)[C@@H](CO)O[C@]5(C(=O)O)C[C@H](O)[C@@H](NC(C)=O)C([C@H](O)[C@H](O)CO)O5)O4)O3)[C@H]2O)[C@H](O)[C@H]1O)[C@H](O)CCCCCCCCCCCCCCC. The van der Waals surface area contributed by atoms with Gasteiger partial charge in [-0.05, 0) is 45.4 Å². The monoisotopic (exact) mass is 1970 g/mol. The molecule has 0 radical (unpaired) electrons. The first-order chi connectivity index (χ1) is 64.6. The van der Waals surface area contributed by atoms with Crippen molar-refractivity contribution in [3.05, 3.63) is 12.2 Å². The third-order valence-electron chi connectivity index (χ3n) is 25.8. The molecule has 3 unspecified atom stereocenters. The Labute approximate surface area is 791 Å². The first kappa shape index (κ1) is 119.